The molecular weight excluding hydrogens is 270 g/mol. The summed E-state index contributed by atoms with van der Waals surface area (Å²) in [4.78, 5) is 0. The van der Waals surface area contributed by atoms with Crippen LogP contribution in [0.4, 0.5) is 0 Å². The van der Waals surface area contributed by atoms with Crippen LogP contribution >= 0.6 is 11.6 Å². The van der Waals surface area contributed by atoms with Crippen LogP contribution in [0.3, 0.4) is 0 Å². The molecule has 4 heteroatoms. The highest BCUT2D eigenvalue weighted by Crippen LogP contribution is 2.30. The van der Waals surface area contributed by atoms with Gasteiger partial charge in [0.15, 0.2) is 0 Å². The van der Waals surface area contributed by atoms with E-state index in [-0.39, 0.29) is 0 Å². The standard InChI is InChI=1S/C16H28ClN3/c1-4-14-16(17)15(20(5-2)19-14)11-12-8-6-7-9-13(10-12)18-3/h12-13,18H,4-11H2,1-3H3. The second-order valence-corrected chi connectivity index (χ2v) is 6.33. The van der Waals surface area contributed by atoms with E-state index in [4.69, 9.17) is 11.6 Å². The molecule has 0 bridgehead atoms. The Bertz CT molecular complexity index is 428. The molecule has 1 aliphatic carbocycles. The summed E-state index contributed by atoms with van der Waals surface area (Å²) >= 11 is 6.54. The van der Waals surface area contributed by atoms with E-state index in [0.717, 1.165) is 36.0 Å². The number of aromatic nitrogens is 2. The molecule has 1 aromatic rings. The molecule has 2 rings (SSSR count). The maximum atomic E-state index is 6.54. The molecule has 0 amide bonds. The Morgan fingerprint density at radius 3 is 2.70 bits per heavy atom. The maximum absolute atomic E-state index is 6.54. The second kappa shape index (κ2) is 7.46. The first-order valence-electron chi connectivity index (χ1n) is 8.10. The molecule has 0 aliphatic heterocycles. The van der Waals surface area contributed by atoms with Crippen LogP contribution in [-0.2, 0) is 19.4 Å². The number of rotatable bonds is 5. The van der Waals surface area contributed by atoms with Gasteiger partial charge >= 0.3 is 0 Å². The van der Waals surface area contributed by atoms with E-state index in [1.807, 2.05) is 0 Å². The molecule has 1 saturated carbocycles. The van der Waals surface area contributed by atoms with Crippen molar-refractivity contribution in [1.82, 2.24) is 15.1 Å². The third kappa shape index (κ3) is 3.56. The molecule has 1 N–H and O–H groups in total. The van der Waals surface area contributed by atoms with Gasteiger partial charge in [0.2, 0.25) is 0 Å². The minimum atomic E-state index is 0.671. The van der Waals surface area contributed by atoms with E-state index in [2.05, 4.69) is 36.0 Å². The van der Waals surface area contributed by atoms with E-state index in [9.17, 15) is 0 Å². The molecule has 0 radical (unpaired) electrons. The summed E-state index contributed by atoms with van der Waals surface area (Å²) in [5.74, 6) is 0.735. The van der Waals surface area contributed by atoms with Crippen LogP contribution in [0.15, 0.2) is 0 Å². The molecule has 2 atom stereocenters. The van der Waals surface area contributed by atoms with E-state index in [1.165, 1.54) is 37.8 Å². The Kier molecular flexibility index (Phi) is 5.91. The van der Waals surface area contributed by atoms with Crippen molar-refractivity contribution in [3.05, 3.63) is 16.4 Å². The van der Waals surface area contributed by atoms with Crippen LogP contribution in [0.1, 0.15) is 57.3 Å². The molecule has 1 aromatic heterocycles. The topological polar surface area (TPSA) is 29.9 Å². The van der Waals surface area contributed by atoms with E-state index in [0.29, 0.717) is 6.04 Å². The summed E-state index contributed by atoms with van der Waals surface area (Å²) in [6.07, 6.45) is 8.60. The molecule has 0 aromatic carbocycles. The summed E-state index contributed by atoms with van der Waals surface area (Å²) in [6.45, 7) is 5.19. The molecule has 20 heavy (non-hydrogen) atoms. The van der Waals surface area contributed by atoms with Gasteiger partial charge in [0.25, 0.3) is 0 Å². The van der Waals surface area contributed by atoms with Crippen LogP contribution in [-0.4, -0.2) is 22.9 Å². The van der Waals surface area contributed by atoms with E-state index >= 15 is 0 Å². The zero-order valence-electron chi connectivity index (χ0n) is 13.1. The van der Waals surface area contributed by atoms with Crippen LogP contribution in [0.5, 0.6) is 0 Å². The number of nitrogens with one attached hydrogen (secondary N) is 1. The number of nitrogens with zero attached hydrogens (tertiary/aromatic N) is 2. The van der Waals surface area contributed by atoms with Crippen molar-refractivity contribution in [3.63, 3.8) is 0 Å². The van der Waals surface area contributed by atoms with Gasteiger partial charge in [-0.05, 0) is 45.6 Å². The van der Waals surface area contributed by atoms with Crippen LogP contribution in [0.2, 0.25) is 5.02 Å². The van der Waals surface area contributed by atoms with Crippen LogP contribution in [0.25, 0.3) is 0 Å². The lowest BCUT2D eigenvalue weighted by Crippen LogP contribution is -2.27. The Hall–Kier alpha value is -0.540. The lowest BCUT2D eigenvalue weighted by Gasteiger charge is -2.20. The monoisotopic (exact) mass is 297 g/mol. The first kappa shape index (κ1) is 15.8. The largest absolute Gasteiger partial charge is 0.317 e. The van der Waals surface area contributed by atoms with Gasteiger partial charge in [-0.3, -0.25) is 4.68 Å². The molecule has 3 nitrogen and oxygen atoms in total. The highest BCUT2D eigenvalue weighted by atomic mass is 35.5. The molecule has 114 valence electrons. The Balaban J connectivity index is 2.13. The number of halogens is 1. The molecule has 2 unspecified atom stereocenters. The summed E-state index contributed by atoms with van der Waals surface area (Å²) < 4.78 is 2.11. The van der Waals surface area contributed by atoms with Gasteiger partial charge in [-0.25, -0.2) is 0 Å². The number of aryl methyl sites for hydroxylation is 2. The molecule has 0 spiro atoms. The fourth-order valence-corrected chi connectivity index (χ4v) is 3.74. The van der Waals surface area contributed by atoms with Gasteiger partial charge in [-0.1, -0.05) is 37.8 Å². The molecular formula is C16H28ClN3. The normalized spacial score (nSPS) is 23.8. The molecule has 1 fully saturated rings. The SMILES string of the molecule is CCc1nn(CC)c(CC2CCCCC(NC)C2)c1Cl. The summed E-state index contributed by atoms with van der Waals surface area (Å²) in [5, 5.41) is 9.02. The predicted molar refractivity (Wildman–Crippen MR) is 85.4 cm³/mol. The molecule has 1 heterocycles. The minimum absolute atomic E-state index is 0.671. The van der Waals surface area contributed by atoms with Gasteiger partial charge in [0.1, 0.15) is 0 Å². The smallest absolute Gasteiger partial charge is 0.0849 e. The molecule has 1 aliphatic rings. The van der Waals surface area contributed by atoms with E-state index < -0.39 is 0 Å². The fraction of sp³-hybridized carbons (Fsp3) is 0.812. The lowest BCUT2D eigenvalue weighted by molar-refractivity contribution is 0.391. The van der Waals surface area contributed by atoms with Gasteiger partial charge in [-0.2, -0.15) is 5.10 Å². The zero-order valence-corrected chi connectivity index (χ0v) is 13.8. The molecule has 0 saturated heterocycles. The fourth-order valence-electron chi connectivity index (χ4n) is 3.40. The Morgan fingerprint density at radius 2 is 2.05 bits per heavy atom. The van der Waals surface area contributed by atoms with Crippen molar-refractivity contribution in [2.24, 2.45) is 5.92 Å². The third-order valence-corrected chi connectivity index (χ3v) is 5.05. The summed E-state index contributed by atoms with van der Waals surface area (Å²) in [5.41, 5.74) is 2.31. The summed E-state index contributed by atoms with van der Waals surface area (Å²) in [6, 6.07) is 0.671. The third-order valence-electron chi connectivity index (χ3n) is 4.62. The Morgan fingerprint density at radius 1 is 1.30 bits per heavy atom. The maximum Gasteiger partial charge on any atom is 0.0849 e. The zero-order chi connectivity index (χ0) is 14.5. The van der Waals surface area contributed by atoms with Crippen molar-refractivity contribution in [2.45, 2.75) is 71.4 Å². The predicted octanol–water partition coefficient (Wildman–Crippen LogP) is 3.83. The van der Waals surface area contributed by atoms with Gasteiger partial charge in [-0.15, -0.1) is 0 Å². The van der Waals surface area contributed by atoms with E-state index in [1.54, 1.807) is 0 Å². The summed E-state index contributed by atoms with van der Waals surface area (Å²) in [7, 11) is 2.09. The van der Waals surface area contributed by atoms with Crippen molar-refractivity contribution < 1.29 is 0 Å². The van der Waals surface area contributed by atoms with Gasteiger partial charge < -0.3 is 5.32 Å². The second-order valence-electron chi connectivity index (χ2n) is 5.95. The quantitative estimate of drug-likeness (QED) is 0.837. The lowest BCUT2D eigenvalue weighted by atomic mass is 9.93. The first-order chi connectivity index (χ1) is 9.69. The highest BCUT2D eigenvalue weighted by Gasteiger charge is 2.23. The van der Waals surface area contributed by atoms with Crippen molar-refractivity contribution >= 4 is 11.6 Å². The van der Waals surface area contributed by atoms with Gasteiger partial charge in [0, 0.05) is 12.6 Å². The average Bonchev–Trinajstić information content (AvgIpc) is 2.65. The number of hydrogen-bond donors (Lipinski definition) is 1. The average molecular weight is 298 g/mol. The van der Waals surface area contributed by atoms with Crippen molar-refractivity contribution in [1.29, 1.82) is 0 Å². The van der Waals surface area contributed by atoms with Crippen LogP contribution in [0, 0.1) is 5.92 Å². The van der Waals surface area contributed by atoms with Crippen LogP contribution < -0.4 is 5.32 Å². The van der Waals surface area contributed by atoms with Crippen molar-refractivity contribution in [3.8, 4) is 0 Å². The highest BCUT2D eigenvalue weighted by molar-refractivity contribution is 6.31. The Labute approximate surface area is 128 Å². The van der Waals surface area contributed by atoms with Gasteiger partial charge in [0.05, 0.1) is 16.4 Å². The minimum Gasteiger partial charge on any atom is -0.317 e. The number of hydrogen-bond acceptors (Lipinski definition) is 2. The first-order valence-corrected chi connectivity index (χ1v) is 8.48. The van der Waals surface area contributed by atoms with Crippen molar-refractivity contribution in [2.75, 3.05) is 7.05 Å².